The third kappa shape index (κ3) is 1.13. The molecule has 4 aliphatic rings. The summed E-state index contributed by atoms with van der Waals surface area (Å²) in [6.45, 7) is 0. The van der Waals surface area contributed by atoms with Crippen molar-refractivity contribution in [2.24, 2.45) is 28.8 Å². The van der Waals surface area contributed by atoms with E-state index in [1.165, 1.54) is 31.4 Å². The molecule has 4 aliphatic carbocycles. The molecule has 0 saturated heterocycles. The van der Waals surface area contributed by atoms with Gasteiger partial charge >= 0.3 is 0 Å². The fourth-order valence-electron chi connectivity index (χ4n) is 3.83. The molecule has 5 atom stereocenters. The molecule has 4 fully saturated rings. The van der Waals surface area contributed by atoms with Crippen molar-refractivity contribution >= 4 is 17.3 Å². The molecule has 0 heterocycles. The molecule has 0 aliphatic heterocycles. The molecular weight excluding hydrogens is 198 g/mol. The SMILES string of the molecule is CO/N=C1/C2CC3CC(C2)[C@@H](Cl)C1C3. The second-order valence-electron chi connectivity index (χ2n) is 5.02. The number of hydrogen-bond donors (Lipinski definition) is 0. The molecule has 0 aromatic carbocycles. The van der Waals surface area contributed by atoms with Crippen LogP contribution in [0, 0.1) is 23.7 Å². The number of hydrogen-bond acceptors (Lipinski definition) is 2. The predicted molar refractivity (Wildman–Crippen MR) is 56.5 cm³/mol. The summed E-state index contributed by atoms with van der Waals surface area (Å²) in [6.07, 6.45) is 5.20. The van der Waals surface area contributed by atoms with Gasteiger partial charge in [-0.3, -0.25) is 0 Å². The Morgan fingerprint density at radius 3 is 2.93 bits per heavy atom. The van der Waals surface area contributed by atoms with Crippen LogP contribution in [-0.4, -0.2) is 18.2 Å². The Hall–Kier alpha value is -0.240. The average Bonchev–Trinajstić information content (AvgIpc) is 2.18. The molecule has 4 saturated carbocycles. The number of nitrogens with zero attached hydrogens (tertiary/aromatic N) is 1. The van der Waals surface area contributed by atoms with Crippen molar-refractivity contribution < 1.29 is 4.84 Å². The Labute approximate surface area is 89.6 Å². The molecule has 0 aromatic heterocycles. The zero-order chi connectivity index (χ0) is 9.71. The highest BCUT2D eigenvalue weighted by Crippen LogP contribution is 2.54. The minimum absolute atomic E-state index is 0.330. The summed E-state index contributed by atoms with van der Waals surface area (Å²) >= 11 is 6.46. The van der Waals surface area contributed by atoms with Gasteiger partial charge in [-0.15, -0.1) is 11.6 Å². The maximum absolute atomic E-state index is 6.46. The van der Waals surface area contributed by atoms with Crippen LogP contribution in [0.1, 0.15) is 25.7 Å². The number of alkyl halides is 1. The second-order valence-corrected chi connectivity index (χ2v) is 5.52. The van der Waals surface area contributed by atoms with Gasteiger partial charge in [0.15, 0.2) is 0 Å². The standard InChI is InChI=1S/C11H16ClNO/c1-14-13-11-8-3-6-2-7(5-8)10(12)9(11)4-6/h6-10H,2-5H2,1H3/b13-11-/t6?,7?,8?,9?,10-/m1/s1. The van der Waals surface area contributed by atoms with E-state index >= 15 is 0 Å². The number of rotatable bonds is 1. The number of oxime groups is 1. The summed E-state index contributed by atoms with van der Waals surface area (Å²) in [5.41, 5.74) is 1.26. The van der Waals surface area contributed by atoms with E-state index in [1.54, 1.807) is 7.11 Å². The Kier molecular flexibility index (Phi) is 2.01. The normalized spacial score (nSPS) is 52.7. The lowest BCUT2D eigenvalue weighted by molar-refractivity contribution is 0.103. The van der Waals surface area contributed by atoms with Gasteiger partial charge in [0.05, 0.1) is 5.71 Å². The van der Waals surface area contributed by atoms with Crippen LogP contribution in [-0.2, 0) is 4.84 Å². The van der Waals surface area contributed by atoms with Crippen molar-refractivity contribution in [3.05, 3.63) is 0 Å². The van der Waals surface area contributed by atoms with Crippen LogP contribution in [0.3, 0.4) is 0 Å². The van der Waals surface area contributed by atoms with Gasteiger partial charge in [0.2, 0.25) is 0 Å². The van der Waals surface area contributed by atoms with Crippen molar-refractivity contribution in [2.75, 3.05) is 7.11 Å². The first-order valence-electron chi connectivity index (χ1n) is 5.54. The Balaban J connectivity index is 1.93. The topological polar surface area (TPSA) is 21.6 Å². The first-order valence-corrected chi connectivity index (χ1v) is 5.98. The first-order chi connectivity index (χ1) is 6.79. The smallest absolute Gasteiger partial charge is 0.106 e. The van der Waals surface area contributed by atoms with Crippen molar-refractivity contribution in [1.82, 2.24) is 0 Å². The highest BCUT2D eigenvalue weighted by molar-refractivity contribution is 6.23. The van der Waals surface area contributed by atoms with E-state index in [0.717, 1.165) is 11.8 Å². The van der Waals surface area contributed by atoms with Gasteiger partial charge in [0.1, 0.15) is 7.11 Å². The predicted octanol–water partition coefficient (Wildman–Crippen LogP) is 2.66. The van der Waals surface area contributed by atoms with Crippen molar-refractivity contribution in [3.8, 4) is 0 Å². The van der Waals surface area contributed by atoms with E-state index < -0.39 is 0 Å². The summed E-state index contributed by atoms with van der Waals surface area (Å²) in [5.74, 6) is 2.89. The van der Waals surface area contributed by atoms with Crippen molar-refractivity contribution in [3.63, 3.8) is 0 Å². The molecule has 3 heteroatoms. The monoisotopic (exact) mass is 213 g/mol. The largest absolute Gasteiger partial charge is 0.399 e. The van der Waals surface area contributed by atoms with E-state index in [-0.39, 0.29) is 0 Å². The minimum Gasteiger partial charge on any atom is -0.399 e. The zero-order valence-electron chi connectivity index (χ0n) is 8.45. The maximum Gasteiger partial charge on any atom is 0.106 e. The Morgan fingerprint density at radius 1 is 1.29 bits per heavy atom. The number of halogens is 1. The summed E-state index contributed by atoms with van der Waals surface area (Å²) in [7, 11) is 1.64. The van der Waals surface area contributed by atoms with E-state index in [1.807, 2.05) is 0 Å². The third-order valence-electron chi connectivity index (χ3n) is 4.26. The Morgan fingerprint density at radius 2 is 2.14 bits per heavy atom. The molecule has 0 radical (unpaired) electrons. The maximum atomic E-state index is 6.46. The minimum atomic E-state index is 0.330. The van der Waals surface area contributed by atoms with Gasteiger partial charge in [0, 0.05) is 17.2 Å². The van der Waals surface area contributed by atoms with E-state index in [9.17, 15) is 0 Å². The molecule has 2 nitrogen and oxygen atoms in total. The fourth-order valence-corrected chi connectivity index (χ4v) is 4.27. The van der Waals surface area contributed by atoms with Gasteiger partial charge < -0.3 is 4.84 Å². The molecule has 0 amide bonds. The molecular formula is C11H16ClNO. The molecule has 4 rings (SSSR count). The van der Waals surface area contributed by atoms with Crippen LogP contribution >= 0.6 is 11.6 Å². The van der Waals surface area contributed by atoms with Crippen LogP contribution in [0.2, 0.25) is 0 Å². The first kappa shape index (κ1) is 9.02. The quantitative estimate of drug-likeness (QED) is 0.485. The highest BCUT2D eigenvalue weighted by Gasteiger charge is 2.51. The van der Waals surface area contributed by atoms with Crippen molar-refractivity contribution in [2.45, 2.75) is 31.1 Å². The van der Waals surface area contributed by atoms with E-state index in [2.05, 4.69) is 5.16 Å². The molecule has 0 aromatic rings. The lowest BCUT2D eigenvalue weighted by atomic mass is 9.55. The molecule has 0 N–H and O–H groups in total. The van der Waals surface area contributed by atoms with Gasteiger partial charge in [-0.1, -0.05) is 5.16 Å². The molecule has 4 bridgehead atoms. The van der Waals surface area contributed by atoms with Crippen molar-refractivity contribution in [1.29, 1.82) is 0 Å². The Bertz CT molecular complexity index is 278. The van der Waals surface area contributed by atoms with Crippen LogP contribution in [0.25, 0.3) is 0 Å². The summed E-state index contributed by atoms with van der Waals surface area (Å²) in [4.78, 5) is 4.95. The lowest BCUT2D eigenvalue weighted by Gasteiger charge is -2.52. The van der Waals surface area contributed by atoms with Gasteiger partial charge in [-0.25, -0.2) is 0 Å². The summed E-state index contributed by atoms with van der Waals surface area (Å²) in [5, 5.41) is 4.54. The third-order valence-corrected chi connectivity index (χ3v) is 4.92. The molecule has 0 spiro atoms. The van der Waals surface area contributed by atoms with Crippen LogP contribution in [0.4, 0.5) is 0 Å². The fraction of sp³-hybridized carbons (Fsp3) is 0.909. The molecule has 78 valence electrons. The van der Waals surface area contributed by atoms with Gasteiger partial charge in [-0.2, -0.15) is 0 Å². The molecule has 14 heavy (non-hydrogen) atoms. The summed E-state index contributed by atoms with van der Waals surface area (Å²) < 4.78 is 0. The zero-order valence-corrected chi connectivity index (χ0v) is 9.20. The van der Waals surface area contributed by atoms with E-state index in [4.69, 9.17) is 16.4 Å². The average molecular weight is 214 g/mol. The van der Waals surface area contributed by atoms with Crippen LogP contribution < -0.4 is 0 Å². The summed E-state index contributed by atoms with van der Waals surface area (Å²) in [6, 6.07) is 0. The lowest BCUT2D eigenvalue weighted by Crippen LogP contribution is -2.52. The second kappa shape index (κ2) is 3.13. The van der Waals surface area contributed by atoms with Crippen LogP contribution in [0.15, 0.2) is 5.16 Å². The highest BCUT2D eigenvalue weighted by atomic mass is 35.5. The molecule has 4 unspecified atom stereocenters. The van der Waals surface area contributed by atoms with Crippen LogP contribution in [0.5, 0.6) is 0 Å². The van der Waals surface area contributed by atoms with Gasteiger partial charge in [0.25, 0.3) is 0 Å². The van der Waals surface area contributed by atoms with E-state index in [0.29, 0.717) is 17.2 Å². The van der Waals surface area contributed by atoms with Gasteiger partial charge in [-0.05, 0) is 37.5 Å².